The van der Waals surface area contributed by atoms with Gasteiger partial charge in [-0.3, -0.25) is 0 Å². The number of ether oxygens (including phenoxy) is 1. The summed E-state index contributed by atoms with van der Waals surface area (Å²) in [5.74, 6) is 0.921. The molecule has 0 aliphatic carbocycles. The summed E-state index contributed by atoms with van der Waals surface area (Å²) in [5.41, 5.74) is 3.56. The van der Waals surface area contributed by atoms with Gasteiger partial charge in [0, 0.05) is 16.7 Å². The molecule has 0 unspecified atom stereocenters. The van der Waals surface area contributed by atoms with Crippen molar-refractivity contribution in [2.75, 3.05) is 11.9 Å². The van der Waals surface area contributed by atoms with E-state index in [0.717, 1.165) is 22.5 Å². The Labute approximate surface area is 122 Å². The maximum absolute atomic E-state index is 5.50. The lowest BCUT2D eigenvalue weighted by atomic mass is 10.2. The lowest BCUT2D eigenvalue weighted by molar-refractivity contribution is 0.340. The van der Waals surface area contributed by atoms with Gasteiger partial charge in [-0.05, 0) is 65.2 Å². The molecular weight excluding hydrogens is 302 g/mol. The second-order valence-electron chi connectivity index (χ2n) is 4.42. The predicted molar refractivity (Wildman–Crippen MR) is 83.8 cm³/mol. The molecule has 2 nitrogen and oxygen atoms in total. The summed E-state index contributed by atoms with van der Waals surface area (Å²) < 4.78 is 6.59. The third kappa shape index (κ3) is 4.00. The number of anilines is 1. The van der Waals surface area contributed by atoms with Crippen LogP contribution in [0.1, 0.15) is 18.1 Å². The van der Waals surface area contributed by atoms with Crippen molar-refractivity contribution in [1.82, 2.24) is 0 Å². The standard InChI is InChI=1S/C16H18BrNO/c1-3-19-14-6-4-5-13(10-14)11-18-16-8-7-12(2)9-15(16)17/h4-10,18H,3,11H2,1-2H3. The second-order valence-corrected chi connectivity index (χ2v) is 5.27. The van der Waals surface area contributed by atoms with Gasteiger partial charge in [-0.2, -0.15) is 0 Å². The molecule has 2 aromatic carbocycles. The molecule has 0 heterocycles. The van der Waals surface area contributed by atoms with Crippen molar-refractivity contribution in [3.05, 3.63) is 58.1 Å². The van der Waals surface area contributed by atoms with Crippen LogP contribution in [0.3, 0.4) is 0 Å². The number of aryl methyl sites for hydroxylation is 1. The van der Waals surface area contributed by atoms with Crippen LogP contribution in [0.25, 0.3) is 0 Å². The number of benzene rings is 2. The van der Waals surface area contributed by atoms with Gasteiger partial charge in [-0.15, -0.1) is 0 Å². The molecule has 0 spiro atoms. The number of rotatable bonds is 5. The van der Waals surface area contributed by atoms with Crippen LogP contribution in [0.15, 0.2) is 46.9 Å². The van der Waals surface area contributed by atoms with Crippen LogP contribution >= 0.6 is 15.9 Å². The van der Waals surface area contributed by atoms with E-state index in [2.05, 4.69) is 58.5 Å². The molecule has 19 heavy (non-hydrogen) atoms. The number of hydrogen-bond donors (Lipinski definition) is 1. The Hall–Kier alpha value is -1.48. The van der Waals surface area contributed by atoms with Gasteiger partial charge < -0.3 is 10.1 Å². The van der Waals surface area contributed by atoms with Gasteiger partial charge in [-0.25, -0.2) is 0 Å². The molecule has 1 N–H and O–H groups in total. The summed E-state index contributed by atoms with van der Waals surface area (Å²) in [7, 11) is 0. The molecule has 0 atom stereocenters. The van der Waals surface area contributed by atoms with Crippen LogP contribution < -0.4 is 10.1 Å². The van der Waals surface area contributed by atoms with Crippen molar-refractivity contribution in [2.45, 2.75) is 20.4 Å². The van der Waals surface area contributed by atoms with Crippen molar-refractivity contribution < 1.29 is 4.74 Å². The zero-order valence-electron chi connectivity index (χ0n) is 11.2. The third-order valence-corrected chi connectivity index (χ3v) is 3.47. The van der Waals surface area contributed by atoms with Crippen molar-refractivity contribution in [2.24, 2.45) is 0 Å². The first-order valence-corrected chi connectivity index (χ1v) is 7.20. The van der Waals surface area contributed by atoms with Gasteiger partial charge in [0.15, 0.2) is 0 Å². The van der Waals surface area contributed by atoms with Gasteiger partial charge in [-0.1, -0.05) is 18.2 Å². The molecule has 0 radical (unpaired) electrons. The average molecular weight is 320 g/mol. The number of nitrogens with one attached hydrogen (secondary N) is 1. The largest absolute Gasteiger partial charge is 0.494 e. The van der Waals surface area contributed by atoms with Crippen LogP contribution in [-0.2, 0) is 6.54 Å². The Kier molecular flexibility index (Phi) is 4.86. The summed E-state index contributed by atoms with van der Waals surface area (Å²) in [6, 6.07) is 14.5. The van der Waals surface area contributed by atoms with E-state index < -0.39 is 0 Å². The third-order valence-electron chi connectivity index (χ3n) is 2.82. The summed E-state index contributed by atoms with van der Waals surface area (Å²) >= 11 is 3.57. The lowest BCUT2D eigenvalue weighted by Crippen LogP contribution is -2.01. The first-order chi connectivity index (χ1) is 9.19. The van der Waals surface area contributed by atoms with E-state index in [9.17, 15) is 0 Å². The highest BCUT2D eigenvalue weighted by Gasteiger charge is 2.01. The molecule has 0 amide bonds. The molecule has 0 fully saturated rings. The minimum Gasteiger partial charge on any atom is -0.494 e. The Balaban J connectivity index is 2.03. The zero-order valence-corrected chi connectivity index (χ0v) is 12.8. The van der Waals surface area contributed by atoms with Crippen LogP contribution in [-0.4, -0.2) is 6.61 Å². The van der Waals surface area contributed by atoms with Gasteiger partial charge in [0.25, 0.3) is 0 Å². The van der Waals surface area contributed by atoms with Crippen LogP contribution in [0.5, 0.6) is 5.75 Å². The molecule has 0 aliphatic rings. The van der Waals surface area contributed by atoms with Gasteiger partial charge in [0.05, 0.1) is 6.61 Å². The molecule has 3 heteroatoms. The Morgan fingerprint density at radius 3 is 2.74 bits per heavy atom. The highest BCUT2D eigenvalue weighted by Crippen LogP contribution is 2.24. The molecule has 2 rings (SSSR count). The predicted octanol–water partition coefficient (Wildman–Crippen LogP) is 4.77. The van der Waals surface area contributed by atoms with E-state index in [1.807, 2.05) is 19.1 Å². The summed E-state index contributed by atoms with van der Waals surface area (Å²) in [5, 5.41) is 3.42. The topological polar surface area (TPSA) is 21.3 Å². The van der Waals surface area contributed by atoms with Crippen molar-refractivity contribution in [3.63, 3.8) is 0 Å². The van der Waals surface area contributed by atoms with Crippen LogP contribution in [0.4, 0.5) is 5.69 Å². The Morgan fingerprint density at radius 2 is 2.00 bits per heavy atom. The van der Waals surface area contributed by atoms with E-state index in [4.69, 9.17) is 4.74 Å². The van der Waals surface area contributed by atoms with Crippen molar-refractivity contribution in [3.8, 4) is 5.75 Å². The molecule has 0 aliphatic heterocycles. The SMILES string of the molecule is CCOc1cccc(CNc2ccc(C)cc2Br)c1. The van der Waals surface area contributed by atoms with E-state index in [1.54, 1.807) is 0 Å². The minimum absolute atomic E-state index is 0.695. The molecular formula is C16H18BrNO. The van der Waals surface area contributed by atoms with E-state index >= 15 is 0 Å². The summed E-state index contributed by atoms with van der Waals surface area (Å²) in [6.45, 7) is 5.55. The highest BCUT2D eigenvalue weighted by atomic mass is 79.9. The van der Waals surface area contributed by atoms with Crippen molar-refractivity contribution >= 4 is 21.6 Å². The van der Waals surface area contributed by atoms with Crippen LogP contribution in [0, 0.1) is 6.92 Å². The van der Waals surface area contributed by atoms with Gasteiger partial charge in [0.1, 0.15) is 5.75 Å². The first-order valence-electron chi connectivity index (χ1n) is 6.41. The number of halogens is 1. The number of hydrogen-bond acceptors (Lipinski definition) is 2. The molecule has 0 bridgehead atoms. The fourth-order valence-corrected chi connectivity index (χ4v) is 2.51. The molecule has 0 saturated carbocycles. The second kappa shape index (κ2) is 6.62. The van der Waals surface area contributed by atoms with E-state index in [1.165, 1.54) is 11.1 Å². The summed E-state index contributed by atoms with van der Waals surface area (Å²) in [4.78, 5) is 0. The average Bonchev–Trinajstić information content (AvgIpc) is 2.38. The zero-order chi connectivity index (χ0) is 13.7. The molecule has 2 aromatic rings. The first kappa shape index (κ1) is 13.9. The van der Waals surface area contributed by atoms with Gasteiger partial charge in [0.2, 0.25) is 0 Å². The van der Waals surface area contributed by atoms with E-state index in [0.29, 0.717) is 6.61 Å². The monoisotopic (exact) mass is 319 g/mol. The molecule has 0 saturated heterocycles. The lowest BCUT2D eigenvalue weighted by Gasteiger charge is -2.10. The smallest absolute Gasteiger partial charge is 0.119 e. The van der Waals surface area contributed by atoms with E-state index in [-0.39, 0.29) is 0 Å². The maximum Gasteiger partial charge on any atom is 0.119 e. The molecule has 0 aromatic heterocycles. The Bertz CT molecular complexity index is 554. The Morgan fingerprint density at radius 1 is 1.16 bits per heavy atom. The fraction of sp³-hybridized carbons (Fsp3) is 0.250. The normalized spacial score (nSPS) is 10.3. The quantitative estimate of drug-likeness (QED) is 0.857. The minimum atomic E-state index is 0.695. The van der Waals surface area contributed by atoms with Crippen molar-refractivity contribution in [1.29, 1.82) is 0 Å². The van der Waals surface area contributed by atoms with Gasteiger partial charge >= 0.3 is 0 Å². The summed E-state index contributed by atoms with van der Waals surface area (Å²) in [6.07, 6.45) is 0. The maximum atomic E-state index is 5.50. The fourth-order valence-electron chi connectivity index (χ4n) is 1.87. The molecule has 100 valence electrons. The van der Waals surface area contributed by atoms with Crippen LogP contribution in [0.2, 0.25) is 0 Å². The highest BCUT2D eigenvalue weighted by molar-refractivity contribution is 9.10.